The number of pyridine rings is 1. The maximum Gasteiger partial charge on any atom is 0.340 e. The molecule has 1 N–H and O–H groups in total. The number of esters is 1. The fraction of sp³-hybridized carbons (Fsp3) is 0.0909. The molecule has 0 spiro atoms. The van der Waals surface area contributed by atoms with E-state index in [0.717, 1.165) is 21.8 Å². The van der Waals surface area contributed by atoms with Crippen LogP contribution < -0.4 is 5.56 Å². The zero-order chi connectivity index (χ0) is 20.7. The van der Waals surface area contributed by atoms with Gasteiger partial charge in [-0.2, -0.15) is 4.98 Å². The molecule has 3 aromatic heterocycles. The van der Waals surface area contributed by atoms with Crippen LogP contribution in [0.3, 0.4) is 0 Å². The summed E-state index contributed by atoms with van der Waals surface area (Å²) in [5.41, 5.74) is 2.07. The summed E-state index contributed by atoms with van der Waals surface area (Å²) >= 11 is 0. The van der Waals surface area contributed by atoms with Crippen molar-refractivity contribution in [2.75, 3.05) is 7.11 Å². The van der Waals surface area contributed by atoms with Gasteiger partial charge in [-0.25, -0.2) is 4.79 Å². The molecule has 0 unspecified atom stereocenters. The molecule has 0 atom stereocenters. The number of hydrogen-bond donors (Lipinski definition) is 1. The minimum absolute atomic E-state index is 0.210. The lowest BCUT2D eigenvalue weighted by molar-refractivity contribution is 0.0602. The van der Waals surface area contributed by atoms with Crippen molar-refractivity contribution >= 4 is 27.8 Å². The summed E-state index contributed by atoms with van der Waals surface area (Å²) in [4.78, 5) is 31.8. The van der Waals surface area contributed by atoms with Gasteiger partial charge < -0.3 is 18.8 Å². The van der Waals surface area contributed by atoms with Gasteiger partial charge in [0.05, 0.1) is 18.2 Å². The van der Waals surface area contributed by atoms with Crippen molar-refractivity contribution in [1.82, 2.24) is 19.7 Å². The highest BCUT2D eigenvalue weighted by Crippen LogP contribution is 2.23. The number of H-pyrrole nitrogens is 1. The lowest BCUT2D eigenvalue weighted by Gasteiger charge is -2.00. The molecular formula is C22H16N4O4. The summed E-state index contributed by atoms with van der Waals surface area (Å²) in [6, 6.07) is 16.7. The molecular weight excluding hydrogens is 384 g/mol. The lowest BCUT2D eigenvalue weighted by atomic mass is 10.1. The second-order valence-electron chi connectivity index (χ2n) is 6.79. The third-order valence-corrected chi connectivity index (χ3v) is 4.96. The Morgan fingerprint density at radius 1 is 1.17 bits per heavy atom. The van der Waals surface area contributed by atoms with Gasteiger partial charge in [0.25, 0.3) is 5.56 Å². The number of carbonyl (C=O) groups is 1. The summed E-state index contributed by atoms with van der Waals surface area (Å²) in [7, 11) is 1.35. The Bertz CT molecular complexity index is 1460. The summed E-state index contributed by atoms with van der Waals surface area (Å²) in [5, 5.41) is 5.62. The van der Waals surface area contributed by atoms with Crippen LogP contribution in [0.1, 0.15) is 16.2 Å². The Labute approximate surface area is 169 Å². The van der Waals surface area contributed by atoms with E-state index in [1.807, 2.05) is 53.1 Å². The maximum absolute atomic E-state index is 12.5. The second-order valence-corrected chi connectivity index (χ2v) is 6.79. The van der Waals surface area contributed by atoms with Crippen molar-refractivity contribution in [3.05, 3.63) is 82.6 Å². The van der Waals surface area contributed by atoms with Crippen molar-refractivity contribution in [2.45, 2.75) is 6.54 Å². The highest BCUT2D eigenvalue weighted by atomic mass is 16.5. The maximum atomic E-state index is 12.5. The van der Waals surface area contributed by atoms with E-state index in [9.17, 15) is 9.59 Å². The fourth-order valence-corrected chi connectivity index (χ4v) is 3.54. The highest BCUT2D eigenvalue weighted by molar-refractivity contribution is 6.04. The first-order valence-corrected chi connectivity index (χ1v) is 9.25. The number of aromatic amines is 1. The predicted octanol–water partition coefficient (Wildman–Crippen LogP) is 3.37. The average molecular weight is 400 g/mol. The van der Waals surface area contributed by atoms with Gasteiger partial charge in [0.1, 0.15) is 6.54 Å². The number of benzene rings is 2. The molecule has 2 aromatic carbocycles. The third-order valence-electron chi connectivity index (χ3n) is 4.96. The normalized spacial score (nSPS) is 11.2. The number of hydrogen-bond acceptors (Lipinski definition) is 6. The molecule has 0 aliphatic heterocycles. The standard InChI is InChI=1S/C22H16N4O4/c1-29-22(28)16-11-26(18-9-5-3-7-14(16)18)12-19-24-20(25-30-19)15-10-13-6-2-4-8-17(13)23-21(15)27/h2-11H,12H2,1H3,(H,23,27). The zero-order valence-electron chi connectivity index (χ0n) is 16.0. The Balaban J connectivity index is 1.53. The van der Waals surface area contributed by atoms with Crippen molar-refractivity contribution in [2.24, 2.45) is 0 Å². The largest absolute Gasteiger partial charge is 0.465 e. The van der Waals surface area contributed by atoms with Crippen molar-refractivity contribution in [3.8, 4) is 11.4 Å². The van der Waals surface area contributed by atoms with E-state index in [1.165, 1.54) is 7.11 Å². The number of ether oxygens (including phenoxy) is 1. The number of nitrogens with zero attached hydrogens (tertiary/aromatic N) is 3. The van der Waals surface area contributed by atoms with E-state index in [2.05, 4.69) is 15.1 Å². The van der Waals surface area contributed by atoms with E-state index in [0.29, 0.717) is 17.0 Å². The van der Waals surface area contributed by atoms with Gasteiger partial charge in [-0.1, -0.05) is 41.6 Å². The zero-order valence-corrected chi connectivity index (χ0v) is 16.0. The minimum atomic E-state index is -0.418. The topological polar surface area (TPSA) is 103 Å². The second kappa shape index (κ2) is 7.00. The van der Waals surface area contributed by atoms with Crippen LogP contribution in [0.25, 0.3) is 33.2 Å². The van der Waals surface area contributed by atoms with Crippen LogP contribution >= 0.6 is 0 Å². The molecule has 8 nitrogen and oxygen atoms in total. The van der Waals surface area contributed by atoms with Crippen molar-refractivity contribution in [1.29, 1.82) is 0 Å². The van der Waals surface area contributed by atoms with Gasteiger partial charge in [-0.05, 0) is 23.6 Å². The van der Waals surface area contributed by atoms with E-state index >= 15 is 0 Å². The first kappa shape index (κ1) is 17.9. The van der Waals surface area contributed by atoms with Crippen LogP contribution in [0.2, 0.25) is 0 Å². The van der Waals surface area contributed by atoms with Gasteiger partial charge in [0, 0.05) is 22.6 Å². The van der Waals surface area contributed by atoms with Crippen LogP contribution in [0.4, 0.5) is 0 Å². The van der Waals surface area contributed by atoms with Gasteiger partial charge in [0.2, 0.25) is 11.7 Å². The van der Waals surface area contributed by atoms with Crippen LogP contribution in [0, 0.1) is 0 Å². The van der Waals surface area contributed by atoms with Gasteiger partial charge in [0.15, 0.2) is 0 Å². The lowest BCUT2D eigenvalue weighted by Crippen LogP contribution is -2.09. The number of rotatable bonds is 4. The molecule has 8 heteroatoms. The monoisotopic (exact) mass is 400 g/mol. The molecule has 0 saturated heterocycles. The molecule has 0 aliphatic carbocycles. The SMILES string of the molecule is COC(=O)c1cn(Cc2nc(-c3cc4ccccc4[nH]c3=O)no2)c2ccccc12. The molecule has 0 saturated carbocycles. The predicted molar refractivity (Wildman–Crippen MR) is 110 cm³/mol. The van der Waals surface area contributed by atoms with Crippen LogP contribution in [0.5, 0.6) is 0 Å². The fourth-order valence-electron chi connectivity index (χ4n) is 3.54. The molecule has 0 amide bonds. The average Bonchev–Trinajstić information content (AvgIpc) is 3.38. The number of para-hydroxylation sites is 2. The third kappa shape index (κ3) is 2.95. The number of methoxy groups -OCH3 is 1. The Kier molecular flexibility index (Phi) is 4.17. The minimum Gasteiger partial charge on any atom is -0.465 e. The molecule has 148 valence electrons. The summed E-state index contributed by atoms with van der Waals surface area (Å²) < 4.78 is 12.1. The van der Waals surface area contributed by atoms with Crippen molar-refractivity contribution < 1.29 is 14.1 Å². The van der Waals surface area contributed by atoms with Gasteiger partial charge in [-0.3, -0.25) is 4.79 Å². The molecule has 0 bridgehead atoms. The number of fused-ring (bicyclic) bond motifs is 2. The molecule has 0 aliphatic rings. The molecule has 0 radical (unpaired) electrons. The summed E-state index contributed by atoms with van der Waals surface area (Å²) in [5.74, 6) is 0.107. The quantitative estimate of drug-likeness (QED) is 0.464. The first-order valence-electron chi connectivity index (χ1n) is 9.25. The van der Waals surface area contributed by atoms with Crippen LogP contribution in [0.15, 0.2) is 70.1 Å². The van der Waals surface area contributed by atoms with Gasteiger partial charge >= 0.3 is 5.97 Å². The summed E-state index contributed by atoms with van der Waals surface area (Å²) in [6.07, 6.45) is 1.70. The molecule has 5 aromatic rings. The number of aromatic nitrogens is 4. The Morgan fingerprint density at radius 2 is 1.97 bits per heavy atom. The van der Waals surface area contributed by atoms with Crippen LogP contribution in [-0.4, -0.2) is 32.8 Å². The molecule has 0 fully saturated rings. The molecule has 5 rings (SSSR count). The Hall–Kier alpha value is -4.20. The smallest absolute Gasteiger partial charge is 0.340 e. The number of nitrogens with one attached hydrogen (secondary N) is 1. The highest BCUT2D eigenvalue weighted by Gasteiger charge is 2.18. The van der Waals surface area contributed by atoms with E-state index < -0.39 is 5.97 Å². The van der Waals surface area contributed by atoms with E-state index in [-0.39, 0.29) is 17.9 Å². The van der Waals surface area contributed by atoms with Crippen molar-refractivity contribution in [3.63, 3.8) is 0 Å². The summed E-state index contributed by atoms with van der Waals surface area (Å²) in [6.45, 7) is 0.246. The van der Waals surface area contributed by atoms with E-state index in [1.54, 1.807) is 12.3 Å². The Morgan fingerprint density at radius 3 is 2.83 bits per heavy atom. The van der Waals surface area contributed by atoms with Crippen LogP contribution in [-0.2, 0) is 11.3 Å². The number of carbonyl (C=O) groups excluding carboxylic acids is 1. The van der Waals surface area contributed by atoms with E-state index in [4.69, 9.17) is 9.26 Å². The van der Waals surface area contributed by atoms with Gasteiger partial charge in [-0.15, -0.1) is 0 Å². The molecule has 30 heavy (non-hydrogen) atoms. The molecule has 3 heterocycles. The first-order chi connectivity index (χ1) is 14.6.